The second-order valence-electron chi connectivity index (χ2n) is 7.53. The Bertz CT molecular complexity index is 862. The molecule has 1 N–H and O–H groups in total. The summed E-state index contributed by atoms with van der Waals surface area (Å²) in [6.07, 6.45) is 4.68. The van der Waals surface area contributed by atoms with Gasteiger partial charge in [0.1, 0.15) is 5.82 Å². The van der Waals surface area contributed by atoms with E-state index < -0.39 is 0 Å². The summed E-state index contributed by atoms with van der Waals surface area (Å²) in [4.78, 5) is 30.8. The van der Waals surface area contributed by atoms with E-state index in [2.05, 4.69) is 34.6 Å². The third-order valence-corrected chi connectivity index (χ3v) is 5.70. The predicted octanol–water partition coefficient (Wildman–Crippen LogP) is 2.69. The molecule has 1 saturated carbocycles. The number of aryl methyl sites for hydroxylation is 2. The predicted molar refractivity (Wildman–Crippen MR) is 99.8 cm³/mol. The van der Waals surface area contributed by atoms with E-state index in [1.807, 2.05) is 13.0 Å². The van der Waals surface area contributed by atoms with Gasteiger partial charge >= 0.3 is 0 Å². The maximum absolute atomic E-state index is 12.8. The molecule has 2 aliphatic carbocycles. The molecule has 0 bridgehead atoms. The third kappa shape index (κ3) is 2.87. The molecule has 4 rings (SSSR count). The van der Waals surface area contributed by atoms with Crippen molar-refractivity contribution in [2.75, 3.05) is 18.9 Å². The molecule has 26 heavy (non-hydrogen) atoms. The quantitative estimate of drug-likeness (QED) is 0.923. The van der Waals surface area contributed by atoms with Crippen molar-refractivity contribution in [3.63, 3.8) is 0 Å². The minimum Gasteiger partial charge on any atom is -0.336 e. The zero-order valence-corrected chi connectivity index (χ0v) is 15.2. The molecule has 1 aromatic carbocycles. The lowest BCUT2D eigenvalue weighted by Crippen LogP contribution is -2.37. The molecular formula is C21H23N3O2. The average Bonchev–Trinajstić information content (AvgIpc) is 3.25. The molecule has 2 aliphatic rings. The van der Waals surface area contributed by atoms with Crippen LogP contribution in [-0.2, 0) is 21.4 Å². The number of anilines is 1. The first-order valence-corrected chi connectivity index (χ1v) is 9.05. The summed E-state index contributed by atoms with van der Waals surface area (Å²) >= 11 is 0. The van der Waals surface area contributed by atoms with Gasteiger partial charge in [-0.25, -0.2) is 4.98 Å². The first-order valence-electron chi connectivity index (χ1n) is 9.05. The SMILES string of the molecule is Cc1ccc(NC(=O)CN(C)C(=O)C2CC23CCc2ccccc23)nc1. The first kappa shape index (κ1) is 16.8. The van der Waals surface area contributed by atoms with Crippen molar-refractivity contribution in [3.8, 4) is 0 Å². The minimum absolute atomic E-state index is 0.00134. The molecule has 1 heterocycles. The van der Waals surface area contributed by atoms with Crippen LogP contribution in [0.5, 0.6) is 0 Å². The van der Waals surface area contributed by atoms with Gasteiger partial charge in [-0.2, -0.15) is 0 Å². The van der Waals surface area contributed by atoms with E-state index in [4.69, 9.17) is 0 Å². The number of hydrogen-bond acceptors (Lipinski definition) is 3. The lowest BCUT2D eigenvalue weighted by molar-refractivity contribution is -0.134. The van der Waals surface area contributed by atoms with Crippen molar-refractivity contribution in [2.24, 2.45) is 5.92 Å². The van der Waals surface area contributed by atoms with Crippen molar-refractivity contribution in [3.05, 3.63) is 59.3 Å². The Balaban J connectivity index is 1.37. The van der Waals surface area contributed by atoms with Crippen LogP contribution in [0.1, 0.15) is 29.5 Å². The van der Waals surface area contributed by atoms with Gasteiger partial charge in [0, 0.05) is 24.6 Å². The topological polar surface area (TPSA) is 62.3 Å². The van der Waals surface area contributed by atoms with Crippen LogP contribution in [0.4, 0.5) is 5.82 Å². The number of pyridine rings is 1. The first-order chi connectivity index (χ1) is 12.5. The van der Waals surface area contributed by atoms with Crippen molar-refractivity contribution in [1.82, 2.24) is 9.88 Å². The molecule has 5 nitrogen and oxygen atoms in total. The van der Waals surface area contributed by atoms with E-state index in [1.54, 1.807) is 24.2 Å². The highest BCUT2D eigenvalue weighted by Gasteiger charge is 2.61. The number of amides is 2. The van der Waals surface area contributed by atoms with Crippen molar-refractivity contribution < 1.29 is 9.59 Å². The second kappa shape index (κ2) is 6.24. The standard InChI is InChI=1S/C21H23N3O2/c1-14-7-8-18(22-12-14)23-19(25)13-24(2)20(26)17-11-21(17)10-9-15-5-3-4-6-16(15)21/h3-8,12,17H,9-11,13H2,1-2H3,(H,22,23,25). The minimum atomic E-state index is -0.223. The number of benzene rings is 1. The zero-order chi connectivity index (χ0) is 18.3. The zero-order valence-electron chi connectivity index (χ0n) is 15.2. The van der Waals surface area contributed by atoms with E-state index in [0.717, 1.165) is 24.8 Å². The fourth-order valence-electron chi connectivity index (χ4n) is 4.20. The molecule has 134 valence electrons. The summed E-state index contributed by atoms with van der Waals surface area (Å²) in [7, 11) is 1.71. The van der Waals surface area contributed by atoms with Gasteiger partial charge in [-0.05, 0) is 48.9 Å². The Morgan fingerprint density at radius 2 is 2.08 bits per heavy atom. The summed E-state index contributed by atoms with van der Waals surface area (Å²) in [5, 5.41) is 2.75. The van der Waals surface area contributed by atoms with Gasteiger partial charge in [0.15, 0.2) is 0 Å². The van der Waals surface area contributed by atoms with E-state index in [-0.39, 0.29) is 29.7 Å². The molecule has 2 amide bonds. The van der Waals surface area contributed by atoms with Crippen LogP contribution in [0, 0.1) is 12.8 Å². The highest BCUT2D eigenvalue weighted by Crippen LogP contribution is 2.61. The number of carbonyl (C=O) groups excluding carboxylic acids is 2. The van der Waals surface area contributed by atoms with Gasteiger partial charge in [0.2, 0.25) is 11.8 Å². The summed E-state index contributed by atoms with van der Waals surface area (Å²) in [6, 6.07) is 12.1. The Morgan fingerprint density at radius 3 is 2.85 bits per heavy atom. The van der Waals surface area contributed by atoms with Gasteiger partial charge in [0.05, 0.1) is 6.54 Å². The van der Waals surface area contributed by atoms with Gasteiger partial charge in [-0.3, -0.25) is 9.59 Å². The van der Waals surface area contributed by atoms with Crippen molar-refractivity contribution in [2.45, 2.75) is 31.6 Å². The average molecular weight is 349 g/mol. The maximum Gasteiger partial charge on any atom is 0.245 e. The number of carbonyl (C=O) groups is 2. The molecule has 1 aromatic heterocycles. The Kier molecular flexibility index (Phi) is 4.02. The highest BCUT2D eigenvalue weighted by molar-refractivity contribution is 5.95. The molecule has 0 saturated heterocycles. The van der Waals surface area contributed by atoms with Crippen LogP contribution in [0.3, 0.4) is 0 Å². The smallest absolute Gasteiger partial charge is 0.245 e. The van der Waals surface area contributed by atoms with Crippen LogP contribution < -0.4 is 5.32 Å². The fourth-order valence-corrected chi connectivity index (χ4v) is 4.20. The number of rotatable bonds is 4. The van der Waals surface area contributed by atoms with Crippen LogP contribution in [0.15, 0.2) is 42.6 Å². The molecule has 1 spiro atoms. The summed E-state index contributed by atoms with van der Waals surface area (Å²) < 4.78 is 0. The van der Waals surface area contributed by atoms with Crippen LogP contribution in [0.25, 0.3) is 0 Å². The highest BCUT2D eigenvalue weighted by atomic mass is 16.2. The molecule has 0 aliphatic heterocycles. The van der Waals surface area contributed by atoms with Gasteiger partial charge in [-0.1, -0.05) is 30.3 Å². The fraction of sp³-hybridized carbons (Fsp3) is 0.381. The molecule has 5 heteroatoms. The van der Waals surface area contributed by atoms with Crippen LogP contribution in [0.2, 0.25) is 0 Å². The number of nitrogens with zero attached hydrogens (tertiary/aromatic N) is 2. The molecule has 2 unspecified atom stereocenters. The van der Waals surface area contributed by atoms with Crippen molar-refractivity contribution >= 4 is 17.6 Å². The second-order valence-corrected chi connectivity index (χ2v) is 7.53. The number of likely N-dealkylation sites (N-methyl/N-ethyl adjacent to an activating group) is 1. The lowest BCUT2D eigenvalue weighted by Gasteiger charge is -2.19. The van der Waals surface area contributed by atoms with E-state index >= 15 is 0 Å². The maximum atomic E-state index is 12.8. The molecule has 2 atom stereocenters. The van der Waals surface area contributed by atoms with E-state index in [0.29, 0.717) is 5.82 Å². The van der Waals surface area contributed by atoms with E-state index in [9.17, 15) is 9.59 Å². The largest absolute Gasteiger partial charge is 0.336 e. The molecule has 2 aromatic rings. The van der Waals surface area contributed by atoms with Gasteiger partial charge in [0.25, 0.3) is 0 Å². The number of nitrogens with one attached hydrogen (secondary N) is 1. The molecule has 1 fully saturated rings. The van der Waals surface area contributed by atoms with Gasteiger partial charge in [-0.15, -0.1) is 0 Å². The Labute approximate surface area is 153 Å². The molecule has 0 radical (unpaired) electrons. The van der Waals surface area contributed by atoms with E-state index in [1.165, 1.54) is 11.1 Å². The molecular weight excluding hydrogens is 326 g/mol. The lowest BCUT2D eigenvalue weighted by atomic mass is 9.95. The summed E-state index contributed by atoms with van der Waals surface area (Å²) in [5.41, 5.74) is 3.75. The van der Waals surface area contributed by atoms with Crippen molar-refractivity contribution in [1.29, 1.82) is 0 Å². The van der Waals surface area contributed by atoms with Crippen LogP contribution >= 0.6 is 0 Å². The normalized spacial score (nSPS) is 22.8. The number of hydrogen-bond donors (Lipinski definition) is 1. The third-order valence-electron chi connectivity index (χ3n) is 5.70. The van der Waals surface area contributed by atoms with Gasteiger partial charge < -0.3 is 10.2 Å². The Hall–Kier alpha value is -2.69. The Morgan fingerprint density at radius 1 is 1.27 bits per heavy atom. The monoisotopic (exact) mass is 349 g/mol. The van der Waals surface area contributed by atoms with Crippen LogP contribution in [-0.4, -0.2) is 35.3 Å². The number of aromatic nitrogens is 1. The summed E-state index contributed by atoms with van der Waals surface area (Å²) in [5.74, 6) is 0.350. The number of fused-ring (bicyclic) bond motifs is 2. The summed E-state index contributed by atoms with van der Waals surface area (Å²) in [6.45, 7) is 1.99.